The van der Waals surface area contributed by atoms with E-state index in [1.807, 2.05) is 12.2 Å². The zero-order chi connectivity index (χ0) is 50.8. The lowest BCUT2D eigenvalue weighted by atomic mass is 10.1. The summed E-state index contributed by atoms with van der Waals surface area (Å²) in [6.07, 6.45) is 66.0. The predicted molar refractivity (Wildman–Crippen MR) is 297 cm³/mol. The molecule has 0 fully saturated rings. The number of hydrogen-bond donors (Lipinski definition) is 0. The van der Waals surface area contributed by atoms with E-state index >= 15 is 0 Å². The Morgan fingerprint density at radius 3 is 0.791 bits per heavy atom. The summed E-state index contributed by atoms with van der Waals surface area (Å²) in [5.74, 6) is -0.251. The van der Waals surface area contributed by atoms with E-state index in [0.29, 0.717) is 19.3 Å². The molecule has 0 aliphatic carbocycles. The van der Waals surface area contributed by atoms with E-state index < -0.39 is 0 Å². The minimum atomic E-state index is -0.0916. The molecule has 0 bridgehead atoms. The molecule has 0 radical (unpaired) electrons. The van der Waals surface area contributed by atoms with Gasteiger partial charge in [-0.2, -0.15) is 0 Å². The van der Waals surface area contributed by atoms with Crippen molar-refractivity contribution >= 4 is 17.9 Å². The van der Waals surface area contributed by atoms with Gasteiger partial charge >= 0.3 is 17.9 Å². The number of carbonyl (C=O) groups excluding carboxylic acids is 3. The average Bonchev–Trinajstić information content (AvgIpc) is 3.35. The molecule has 6 heteroatoms. The summed E-state index contributed by atoms with van der Waals surface area (Å²) in [5, 5.41) is 0. The Morgan fingerprint density at radius 2 is 0.522 bits per heavy atom. The highest BCUT2D eigenvalue weighted by Gasteiger charge is 2.01. The van der Waals surface area contributed by atoms with E-state index in [-0.39, 0.29) is 17.9 Å². The van der Waals surface area contributed by atoms with Crippen LogP contribution < -0.4 is 0 Å². The van der Waals surface area contributed by atoms with E-state index in [2.05, 4.69) is 97.8 Å². The van der Waals surface area contributed by atoms with Crippen molar-refractivity contribution in [1.82, 2.24) is 0 Å². The standard InChI is InChI=1S/C19H36O2.C19H34O2.C11H20O2.C10H20.C2H4/c2*1-3-4-5-6-7-8-9-10-11-12-13-14-15-16-17-18-19(20)21-2;1-3-4-5-6-7-8-9-10-11(12)13-2;1-3-5-7-9-10-8-6-4-2;1-2/h10-11H,3-9,12-18H2,1-2H3;7-8,10-11H,3-6,9,12-18H2,1-2H3;3H,1,4-10H2,2H3;3H,1,4-10H2,2H3;1-2H2/b11-10-;8-7+,11-10-;;;. The second-order valence-electron chi connectivity index (χ2n) is 17.5. The first-order valence-corrected chi connectivity index (χ1v) is 27.7. The first kappa shape index (κ1) is 72.8. The molecular formula is C61H114O6. The van der Waals surface area contributed by atoms with E-state index in [1.54, 1.807) is 0 Å². The Labute approximate surface area is 418 Å². The lowest BCUT2D eigenvalue weighted by Gasteiger charge is -2.00. The van der Waals surface area contributed by atoms with Crippen LogP contribution in [0, 0.1) is 0 Å². The number of unbranched alkanes of at least 4 members (excludes halogenated alkanes) is 30. The van der Waals surface area contributed by atoms with Crippen LogP contribution in [0.2, 0.25) is 0 Å². The number of hydrogen-bond acceptors (Lipinski definition) is 6. The van der Waals surface area contributed by atoms with Gasteiger partial charge in [-0.15, -0.1) is 26.3 Å². The summed E-state index contributed by atoms with van der Waals surface area (Å²) in [5.41, 5.74) is 0. The highest BCUT2D eigenvalue weighted by atomic mass is 16.5. The van der Waals surface area contributed by atoms with Crippen molar-refractivity contribution < 1.29 is 28.6 Å². The Bertz CT molecular complexity index is 1060. The topological polar surface area (TPSA) is 78.9 Å². The molecule has 0 rings (SSSR count). The molecule has 0 heterocycles. The molecule has 0 unspecified atom stereocenters. The number of ether oxygens (including phenoxy) is 3. The Hall–Kier alpha value is -3.15. The molecule has 0 atom stereocenters. The normalized spacial score (nSPS) is 10.5. The van der Waals surface area contributed by atoms with Gasteiger partial charge < -0.3 is 14.2 Å². The van der Waals surface area contributed by atoms with Crippen molar-refractivity contribution in [3.63, 3.8) is 0 Å². The Kier molecular flexibility index (Phi) is 80.9. The molecular weight excluding hydrogens is 829 g/mol. The maximum Gasteiger partial charge on any atom is 0.305 e. The van der Waals surface area contributed by atoms with Crippen molar-refractivity contribution in [3.05, 3.63) is 74.9 Å². The van der Waals surface area contributed by atoms with Gasteiger partial charge in [0.1, 0.15) is 0 Å². The van der Waals surface area contributed by atoms with E-state index in [1.165, 1.54) is 208 Å². The van der Waals surface area contributed by atoms with E-state index in [9.17, 15) is 14.4 Å². The van der Waals surface area contributed by atoms with Gasteiger partial charge in [0, 0.05) is 19.3 Å². The minimum Gasteiger partial charge on any atom is -0.469 e. The van der Waals surface area contributed by atoms with Gasteiger partial charge in [-0.1, -0.05) is 204 Å². The third-order valence-electron chi connectivity index (χ3n) is 11.2. The number of allylic oxidation sites excluding steroid dienone is 8. The Balaban J connectivity index is -0.000000261. The summed E-state index contributed by atoms with van der Waals surface area (Å²) in [7, 11) is 4.35. The van der Waals surface area contributed by atoms with Crippen LogP contribution in [0.4, 0.5) is 0 Å². The number of methoxy groups -OCH3 is 3. The van der Waals surface area contributed by atoms with E-state index in [0.717, 1.165) is 51.4 Å². The van der Waals surface area contributed by atoms with Crippen molar-refractivity contribution in [2.75, 3.05) is 21.3 Å². The highest BCUT2D eigenvalue weighted by molar-refractivity contribution is 5.69. The number of carbonyl (C=O) groups is 3. The van der Waals surface area contributed by atoms with Crippen LogP contribution in [-0.4, -0.2) is 39.2 Å². The van der Waals surface area contributed by atoms with Crippen LogP contribution >= 0.6 is 0 Å². The van der Waals surface area contributed by atoms with Gasteiger partial charge in [0.15, 0.2) is 0 Å². The largest absolute Gasteiger partial charge is 0.469 e. The minimum absolute atomic E-state index is 0.0763. The Morgan fingerprint density at radius 1 is 0.313 bits per heavy atom. The van der Waals surface area contributed by atoms with Crippen LogP contribution in [0.5, 0.6) is 0 Å². The summed E-state index contributed by atoms with van der Waals surface area (Å²) < 4.78 is 13.8. The van der Waals surface area contributed by atoms with Crippen molar-refractivity contribution in [2.24, 2.45) is 0 Å². The smallest absolute Gasteiger partial charge is 0.305 e. The number of rotatable bonds is 44. The van der Waals surface area contributed by atoms with Crippen molar-refractivity contribution in [2.45, 2.75) is 278 Å². The fourth-order valence-corrected chi connectivity index (χ4v) is 6.88. The maximum absolute atomic E-state index is 10.9. The van der Waals surface area contributed by atoms with Crippen LogP contribution in [0.1, 0.15) is 278 Å². The SMILES string of the molecule is C=C.C=CCCCCCCCC.C=CCCCCCCCC(=O)OC.CCCCC/C=C/C/C=C\CCCCCCCC(=O)OC.CCCCCCCC/C=C\CCCCCCCC(=O)OC. The van der Waals surface area contributed by atoms with Crippen LogP contribution in [-0.2, 0) is 28.6 Å². The summed E-state index contributed by atoms with van der Waals surface area (Å²) in [6.45, 7) is 20.1. The van der Waals surface area contributed by atoms with Crippen LogP contribution in [0.25, 0.3) is 0 Å². The lowest BCUT2D eigenvalue weighted by molar-refractivity contribution is -0.141. The molecule has 0 aliphatic heterocycles. The molecule has 394 valence electrons. The quantitative estimate of drug-likeness (QED) is 0.0262. The lowest BCUT2D eigenvalue weighted by Crippen LogP contribution is -1.98. The summed E-state index contributed by atoms with van der Waals surface area (Å²) >= 11 is 0. The van der Waals surface area contributed by atoms with Crippen LogP contribution in [0.3, 0.4) is 0 Å². The zero-order valence-electron chi connectivity index (χ0n) is 45.7. The van der Waals surface area contributed by atoms with Gasteiger partial charge in [-0.25, -0.2) is 0 Å². The number of esters is 3. The molecule has 0 aliphatic rings. The van der Waals surface area contributed by atoms with Gasteiger partial charge in [0.05, 0.1) is 21.3 Å². The molecule has 0 aromatic rings. The monoisotopic (exact) mass is 943 g/mol. The third kappa shape index (κ3) is 83.3. The fraction of sp³-hybridized carbons (Fsp3) is 0.754. The van der Waals surface area contributed by atoms with Crippen LogP contribution in [0.15, 0.2) is 74.9 Å². The van der Waals surface area contributed by atoms with Crippen molar-refractivity contribution in [3.8, 4) is 0 Å². The molecule has 0 spiro atoms. The molecule has 0 saturated heterocycles. The summed E-state index contributed by atoms with van der Waals surface area (Å²) in [6, 6.07) is 0. The molecule has 67 heavy (non-hydrogen) atoms. The fourth-order valence-electron chi connectivity index (χ4n) is 6.88. The highest BCUT2D eigenvalue weighted by Crippen LogP contribution is 2.12. The first-order chi connectivity index (χ1) is 32.8. The second-order valence-corrected chi connectivity index (χ2v) is 17.5. The average molecular weight is 944 g/mol. The maximum atomic E-state index is 10.9. The van der Waals surface area contributed by atoms with Gasteiger partial charge in [0.25, 0.3) is 0 Å². The van der Waals surface area contributed by atoms with Gasteiger partial charge in [-0.3, -0.25) is 14.4 Å². The molecule has 6 nitrogen and oxygen atoms in total. The molecule has 0 N–H and O–H groups in total. The molecule has 0 aromatic heterocycles. The zero-order valence-corrected chi connectivity index (χ0v) is 45.7. The van der Waals surface area contributed by atoms with Gasteiger partial charge in [-0.05, 0) is 103 Å². The van der Waals surface area contributed by atoms with E-state index in [4.69, 9.17) is 0 Å². The first-order valence-electron chi connectivity index (χ1n) is 27.7. The molecule has 0 saturated carbocycles. The van der Waals surface area contributed by atoms with Gasteiger partial charge in [0.2, 0.25) is 0 Å². The molecule has 0 aromatic carbocycles. The molecule has 0 amide bonds. The third-order valence-corrected chi connectivity index (χ3v) is 11.2. The second kappa shape index (κ2) is 74.4. The van der Waals surface area contributed by atoms with Crippen molar-refractivity contribution in [1.29, 1.82) is 0 Å². The predicted octanol–water partition coefficient (Wildman–Crippen LogP) is 20.0. The summed E-state index contributed by atoms with van der Waals surface area (Å²) in [4.78, 5) is 32.5.